The quantitative estimate of drug-likeness (QED) is 0.783. The lowest BCUT2D eigenvalue weighted by atomic mass is 9.89. The lowest BCUT2D eigenvalue weighted by Crippen LogP contribution is -2.50. The molecule has 2 amide bonds. The van der Waals surface area contributed by atoms with Crippen molar-refractivity contribution in [3.63, 3.8) is 0 Å². The van der Waals surface area contributed by atoms with Crippen LogP contribution in [0.15, 0.2) is 48.5 Å². The average molecular weight is 368 g/mol. The van der Waals surface area contributed by atoms with E-state index in [2.05, 4.69) is 5.32 Å². The minimum Gasteiger partial charge on any atom is -0.496 e. The first kappa shape index (κ1) is 18.9. The standard InChI is InChI=1S/C21H24N2O4/c1-26-18-9-3-2-8-17(18)16-7-4-6-15(12-16)13-21(10-5-11-27-21)20(25)23-14-19(22)24/h2-4,6-9,12H,5,10-11,13-14H2,1H3,(H2,22,24)(H,23,25)/t21-/m0/s1. The van der Waals surface area contributed by atoms with Gasteiger partial charge in [-0.15, -0.1) is 0 Å². The second-order valence-corrected chi connectivity index (χ2v) is 6.67. The van der Waals surface area contributed by atoms with Gasteiger partial charge in [0.25, 0.3) is 5.91 Å². The van der Waals surface area contributed by atoms with Gasteiger partial charge in [-0.3, -0.25) is 9.59 Å². The van der Waals surface area contributed by atoms with Crippen LogP contribution in [0.2, 0.25) is 0 Å². The van der Waals surface area contributed by atoms with E-state index in [1.165, 1.54) is 0 Å². The third kappa shape index (κ3) is 4.28. The summed E-state index contributed by atoms with van der Waals surface area (Å²) in [5.41, 5.74) is 7.16. The van der Waals surface area contributed by atoms with Gasteiger partial charge in [0, 0.05) is 18.6 Å². The van der Waals surface area contributed by atoms with E-state index in [4.69, 9.17) is 15.2 Å². The van der Waals surface area contributed by atoms with E-state index in [1.807, 2.05) is 48.5 Å². The maximum Gasteiger partial charge on any atom is 0.253 e. The Balaban J connectivity index is 1.85. The van der Waals surface area contributed by atoms with E-state index in [-0.39, 0.29) is 12.5 Å². The van der Waals surface area contributed by atoms with Gasteiger partial charge >= 0.3 is 0 Å². The maximum atomic E-state index is 12.7. The first-order valence-corrected chi connectivity index (χ1v) is 8.97. The number of nitrogens with two attached hydrogens (primary N) is 1. The van der Waals surface area contributed by atoms with Crippen LogP contribution >= 0.6 is 0 Å². The number of benzene rings is 2. The predicted molar refractivity (Wildman–Crippen MR) is 102 cm³/mol. The zero-order valence-corrected chi connectivity index (χ0v) is 15.4. The Labute approximate surface area is 158 Å². The summed E-state index contributed by atoms with van der Waals surface area (Å²) in [4.78, 5) is 23.7. The highest BCUT2D eigenvalue weighted by atomic mass is 16.5. The molecule has 3 N–H and O–H groups in total. The topological polar surface area (TPSA) is 90.6 Å². The summed E-state index contributed by atoms with van der Waals surface area (Å²) >= 11 is 0. The van der Waals surface area contributed by atoms with Crippen molar-refractivity contribution in [2.45, 2.75) is 24.9 Å². The summed E-state index contributed by atoms with van der Waals surface area (Å²) in [5, 5.41) is 2.59. The number of carbonyl (C=O) groups is 2. The van der Waals surface area contributed by atoms with Gasteiger partial charge in [0.2, 0.25) is 5.91 Å². The fourth-order valence-corrected chi connectivity index (χ4v) is 3.49. The molecule has 0 aromatic heterocycles. The third-order valence-electron chi connectivity index (χ3n) is 4.77. The summed E-state index contributed by atoms with van der Waals surface area (Å²) < 4.78 is 11.3. The number of hydrogen-bond donors (Lipinski definition) is 2. The largest absolute Gasteiger partial charge is 0.496 e. The normalized spacial score (nSPS) is 18.9. The number of nitrogens with one attached hydrogen (secondary N) is 1. The van der Waals surface area contributed by atoms with Gasteiger partial charge in [0.05, 0.1) is 13.7 Å². The molecule has 6 heteroatoms. The predicted octanol–water partition coefficient (Wildman–Crippen LogP) is 2.06. The Morgan fingerprint density at radius 2 is 2.04 bits per heavy atom. The molecule has 0 saturated carbocycles. The van der Waals surface area contributed by atoms with Crippen LogP contribution in [-0.2, 0) is 20.7 Å². The summed E-state index contributed by atoms with van der Waals surface area (Å²) in [7, 11) is 1.65. The average Bonchev–Trinajstić information content (AvgIpc) is 3.16. The first-order chi connectivity index (χ1) is 13.0. The lowest BCUT2D eigenvalue weighted by molar-refractivity contribution is -0.142. The fourth-order valence-electron chi connectivity index (χ4n) is 3.49. The summed E-state index contributed by atoms with van der Waals surface area (Å²) in [6.45, 7) is 0.335. The Kier molecular flexibility index (Phi) is 5.76. The van der Waals surface area contributed by atoms with E-state index >= 15 is 0 Å². The number of ether oxygens (including phenoxy) is 2. The van der Waals surface area contributed by atoms with Crippen LogP contribution in [0.1, 0.15) is 18.4 Å². The molecule has 6 nitrogen and oxygen atoms in total. The highest BCUT2D eigenvalue weighted by molar-refractivity contribution is 5.89. The highest BCUT2D eigenvalue weighted by Crippen LogP contribution is 2.33. The van der Waals surface area contributed by atoms with Crippen molar-refractivity contribution in [2.75, 3.05) is 20.3 Å². The minimum atomic E-state index is -0.963. The van der Waals surface area contributed by atoms with Gasteiger partial charge in [-0.25, -0.2) is 0 Å². The highest BCUT2D eigenvalue weighted by Gasteiger charge is 2.42. The zero-order chi connectivity index (χ0) is 19.3. The van der Waals surface area contributed by atoms with Crippen LogP contribution in [0.25, 0.3) is 11.1 Å². The van der Waals surface area contributed by atoms with E-state index in [9.17, 15) is 9.59 Å². The number of rotatable bonds is 7. The Morgan fingerprint density at radius 1 is 1.22 bits per heavy atom. The molecule has 1 heterocycles. The SMILES string of the molecule is COc1ccccc1-c1cccc(C[C@]2(C(=O)NCC(N)=O)CCCO2)c1. The van der Waals surface area contributed by atoms with Crippen molar-refractivity contribution in [1.82, 2.24) is 5.32 Å². The van der Waals surface area contributed by atoms with Crippen molar-refractivity contribution >= 4 is 11.8 Å². The van der Waals surface area contributed by atoms with Crippen LogP contribution in [0.3, 0.4) is 0 Å². The minimum absolute atomic E-state index is 0.189. The summed E-state index contributed by atoms with van der Waals surface area (Å²) in [6, 6.07) is 15.8. The molecule has 1 atom stereocenters. The lowest BCUT2D eigenvalue weighted by Gasteiger charge is -2.27. The Bertz CT molecular complexity index is 828. The molecule has 0 spiro atoms. The van der Waals surface area contributed by atoms with Crippen LogP contribution in [-0.4, -0.2) is 37.7 Å². The smallest absolute Gasteiger partial charge is 0.253 e. The molecule has 2 aromatic carbocycles. The molecule has 1 saturated heterocycles. The molecule has 0 aliphatic carbocycles. The third-order valence-corrected chi connectivity index (χ3v) is 4.77. The molecular formula is C21H24N2O4. The molecule has 1 aliphatic heterocycles. The van der Waals surface area contributed by atoms with E-state index in [1.54, 1.807) is 7.11 Å². The second kappa shape index (κ2) is 8.22. The Hall–Kier alpha value is -2.86. The molecule has 2 aromatic rings. The summed E-state index contributed by atoms with van der Waals surface area (Å²) in [6.07, 6.45) is 1.84. The first-order valence-electron chi connectivity index (χ1n) is 8.97. The Morgan fingerprint density at radius 3 is 2.74 bits per heavy atom. The molecule has 27 heavy (non-hydrogen) atoms. The molecule has 0 bridgehead atoms. The van der Waals surface area contributed by atoms with Gasteiger partial charge < -0.3 is 20.5 Å². The molecule has 1 aliphatic rings. The molecular weight excluding hydrogens is 344 g/mol. The van der Waals surface area contributed by atoms with E-state index in [0.29, 0.717) is 19.4 Å². The number of amides is 2. The fraction of sp³-hybridized carbons (Fsp3) is 0.333. The number of carbonyl (C=O) groups excluding carboxylic acids is 2. The molecule has 142 valence electrons. The van der Waals surface area contributed by atoms with Crippen molar-refractivity contribution in [2.24, 2.45) is 5.73 Å². The van der Waals surface area contributed by atoms with Gasteiger partial charge in [-0.05, 0) is 30.0 Å². The van der Waals surface area contributed by atoms with Gasteiger partial charge in [0.15, 0.2) is 5.60 Å². The molecule has 3 rings (SSSR count). The van der Waals surface area contributed by atoms with Crippen molar-refractivity contribution in [3.8, 4) is 16.9 Å². The monoisotopic (exact) mass is 368 g/mol. The van der Waals surface area contributed by atoms with Crippen molar-refractivity contribution < 1.29 is 19.1 Å². The van der Waals surface area contributed by atoms with Crippen molar-refractivity contribution in [1.29, 1.82) is 0 Å². The van der Waals surface area contributed by atoms with Crippen LogP contribution in [0.5, 0.6) is 5.75 Å². The zero-order valence-electron chi connectivity index (χ0n) is 15.4. The molecule has 0 unspecified atom stereocenters. The molecule has 1 fully saturated rings. The summed E-state index contributed by atoms with van der Waals surface area (Å²) in [5.74, 6) is -0.0724. The second-order valence-electron chi connectivity index (χ2n) is 6.67. The van der Waals surface area contributed by atoms with E-state index in [0.717, 1.165) is 28.9 Å². The number of hydrogen-bond acceptors (Lipinski definition) is 4. The van der Waals surface area contributed by atoms with Gasteiger partial charge in [0.1, 0.15) is 5.75 Å². The molecule has 0 radical (unpaired) electrons. The number of para-hydroxylation sites is 1. The number of primary amides is 1. The van der Waals surface area contributed by atoms with Crippen LogP contribution in [0.4, 0.5) is 0 Å². The van der Waals surface area contributed by atoms with Gasteiger partial charge in [-0.1, -0.05) is 42.5 Å². The maximum absolute atomic E-state index is 12.7. The van der Waals surface area contributed by atoms with Crippen molar-refractivity contribution in [3.05, 3.63) is 54.1 Å². The number of methoxy groups -OCH3 is 1. The van der Waals surface area contributed by atoms with E-state index < -0.39 is 11.5 Å². The van der Waals surface area contributed by atoms with Gasteiger partial charge in [-0.2, -0.15) is 0 Å². The van der Waals surface area contributed by atoms with Crippen LogP contribution in [0, 0.1) is 0 Å². The van der Waals surface area contributed by atoms with Crippen LogP contribution < -0.4 is 15.8 Å².